The van der Waals surface area contributed by atoms with E-state index in [1.807, 2.05) is 6.92 Å². The standard InChI is InChI=1S/C12H20N2O5S/c1-2-20-9-5-3-4-7(9)13-12(19)14-8(11(17)18)6-10(15)16/h7-9H,2-6H2,1H3,(H,15,16)(H,17,18)(H2,13,14,19). The molecule has 1 aliphatic rings. The van der Waals surface area contributed by atoms with E-state index in [1.54, 1.807) is 11.8 Å². The Morgan fingerprint density at radius 2 is 2.00 bits per heavy atom. The van der Waals surface area contributed by atoms with Crippen LogP contribution in [-0.4, -0.2) is 51.3 Å². The summed E-state index contributed by atoms with van der Waals surface area (Å²) < 4.78 is 0. The highest BCUT2D eigenvalue weighted by molar-refractivity contribution is 7.99. The van der Waals surface area contributed by atoms with Gasteiger partial charge in [0.05, 0.1) is 6.42 Å². The molecular weight excluding hydrogens is 284 g/mol. The van der Waals surface area contributed by atoms with Crippen molar-refractivity contribution in [2.75, 3.05) is 5.75 Å². The van der Waals surface area contributed by atoms with Crippen LogP contribution in [0.2, 0.25) is 0 Å². The molecule has 3 unspecified atom stereocenters. The molecule has 0 radical (unpaired) electrons. The number of carboxylic acid groups (broad SMARTS) is 2. The van der Waals surface area contributed by atoms with Gasteiger partial charge in [0, 0.05) is 11.3 Å². The maximum absolute atomic E-state index is 11.8. The average molecular weight is 304 g/mol. The molecule has 4 N–H and O–H groups in total. The number of hydrogen-bond acceptors (Lipinski definition) is 4. The first kappa shape index (κ1) is 16.6. The molecule has 2 amide bonds. The van der Waals surface area contributed by atoms with Gasteiger partial charge in [-0.15, -0.1) is 0 Å². The fourth-order valence-corrected chi connectivity index (χ4v) is 3.45. The van der Waals surface area contributed by atoms with Gasteiger partial charge in [-0.25, -0.2) is 9.59 Å². The molecule has 20 heavy (non-hydrogen) atoms. The quantitative estimate of drug-likeness (QED) is 0.555. The van der Waals surface area contributed by atoms with E-state index in [0.717, 1.165) is 25.0 Å². The summed E-state index contributed by atoms with van der Waals surface area (Å²) in [4.78, 5) is 33.2. The number of carboxylic acids is 2. The lowest BCUT2D eigenvalue weighted by atomic mass is 10.2. The van der Waals surface area contributed by atoms with Gasteiger partial charge < -0.3 is 20.8 Å². The molecule has 7 nitrogen and oxygen atoms in total. The molecular formula is C12H20N2O5S. The Kier molecular flexibility index (Phi) is 6.63. The SMILES string of the molecule is CCSC1CCCC1NC(=O)NC(CC(=O)O)C(=O)O. The van der Waals surface area contributed by atoms with Gasteiger partial charge in [0.15, 0.2) is 0 Å². The smallest absolute Gasteiger partial charge is 0.326 e. The van der Waals surface area contributed by atoms with Crippen LogP contribution in [-0.2, 0) is 9.59 Å². The summed E-state index contributed by atoms with van der Waals surface area (Å²) in [6, 6.07) is -2.02. The summed E-state index contributed by atoms with van der Waals surface area (Å²) in [5, 5.41) is 22.7. The highest BCUT2D eigenvalue weighted by Gasteiger charge is 2.30. The molecule has 1 saturated carbocycles. The molecule has 1 fully saturated rings. The van der Waals surface area contributed by atoms with E-state index in [2.05, 4.69) is 10.6 Å². The maximum Gasteiger partial charge on any atom is 0.326 e. The Hall–Kier alpha value is -1.44. The Morgan fingerprint density at radius 3 is 2.55 bits per heavy atom. The number of hydrogen-bond donors (Lipinski definition) is 4. The second-order valence-electron chi connectivity index (χ2n) is 4.64. The lowest BCUT2D eigenvalue weighted by molar-refractivity contribution is -0.145. The van der Waals surface area contributed by atoms with Gasteiger partial charge in [0.2, 0.25) is 0 Å². The molecule has 0 aromatic carbocycles. The topological polar surface area (TPSA) is 116 Å². The van der Waals surface area contributed by atoms with Crippen LogP contribution in [0.4, 0.5) is 4.79 Å². The lowest BCUT2D eigenvalue weighted by Gasteiger charge is -2.21. The minimum absolute atomic E-state index is 0.0132. The molecule has 0 heterocycles. The van der Waals surface area contributed by atoms with Crippen molar-refractivity contribution < 1.29 is 24.6 Å². The van der Waals surface area contributed by atoms with Gasteiger partial charge in [0.1, 0.15) is 6.04 Å². The van der Waals surface area contributed by atoms with Crippen molar-refractivity contribution in [1.82, 2.24) is 10.6 Å². The largest absolute Gasteiger partial charge is 0.481 e. The average Bonchev–Trinajstić information content (AvgIpc) is 2.75. The van der Waals surface area contributed by atoms with E-state index in [9.17, 15) is 14.4 Å². The first-order chi connectivity index (χ1) is 9.43. The van der Waals surface area contributed by atoms with E-state index in [0.29, 0.717) is 5.25 Å². The predicted molar refractivity (Wildman–Crippen MR) is 74.9 cm³/mol. The van der Waals surface area contributed by atoms with E-state index in [4.69, 9.17) is 10.2 Å². The van der Waals surface area contributed by atoms with Crippen LogP contribution in [0.5, 0.6) is 0 Å². The summed E-state index contributed by atoms with van der Waals surface area (Å²) in [5.74, 6) is -1.66. The van der Waals surface area contributed by atoms with Gasteiger partial charge in [0.25, 0.3) is 0 Å². The third-order valence-electron chi connectivity index (χ3n) is 3.13. The fourth-order valence-electron chi connectivity index (χ4n) is 2.25. The number of amides is 2. The highest BCUT2D eigenvalue weighted by Crippen LogP contribution is 2.29. The summed E-state index contributed by atoms with van der Waals surface area (Å²) in [7, 11) is 0. The minimum Gasteiger partial charge on any atom is -0.481 e. The van der Waals surface area contributed by atoms with Crippen LogP contribution in [0.1, 0.15) is 32.6 Å². The highest BCUT2D eigenvalue weighted by atomic mass is 32.2. The van der Waals surface area contributed by atoms with E-state index < -0.39 is 30.4 Å². The van der Waals surface area contributed by atoms with Crippen molar-refractivity contribution in [2.45, 2.75) is 49.9 Å². The molecule has 1 rings (SSSR count). The first-order valence-corrected chi connectivity index (χ1v) is 7.62. The van der Waals surface area contributed by atoms with Crippen LogP contribution < -0.4 is 10.6 Å². The third kappa shape index (κ3) is 5.28. The van der Waals surface area contributed by atoms with Crippen LogP contribution in [0, 0.1) is 0 Å². The van der Waals surface area contributed by atoms with Gasteiger partial charge in [-0.2, -0.15) is 11.8 Å². The van der Waals surface area contributed by atoms with Crippen LogP contribution in [0.3, 0.4) is 0 Å². The van der Waals surface area contributed by atoms with Crippen molar-refractivity contribution in [3.8, 4) is 0 Å². The van der Waals surface area contributed by atoms with Crippen molar-refractivity contribution >= 4 is 29.7 Å². The van der Waals surface area contributed by atoms with Gasteiger partial charge >= 0.3 is 18.0 Å². The molecule has 1 aliphatic carbocycles. The Morgan fingerprint density at radius 1 is 1.30 bits per heavy atom. The molecule has 8 heteroatoms. The molecule has 0 saturated heterocycles. The summed E-state index contributed by atoms with van der Waals surface area (Å²) in [6.07, 6.45) is 2.28. The molecule has 0 spiro atoms. The second kappa shape index (κ2) is 7.98. The lowest BCUT2D eigenvalue weighted by Crippen LogP contribution is -2.50. The number of thioether (sulfide) groups is 1. The normalized spacial score (nSPS) is 23.1. The Balaban J connectivity index is 2.48. The monoisotopic (exact) mass is 304 g/mol. The number of nitrogens with one attached hydrogen (secondary N) is 2. The van der Waals surface area contributed by atoms with Crippen molar-refractivity contribution in [1.29, 1.82) is 0 Å². The number of urea groups is 1. The molecule has 3 atom stereocenters. The van der Waals surface area contributed by atoms with E-state index >= 15 is 0 Å². The predicted octanol–water partition coefficient (Wildman–Crippen LogP) is 0.888. The summed E-state index contributed by atoms with van der Waals surface area (Å²) in [6.45, 7) is 2.05. The first-order valence-electron chi connectivity index (χ1n) is 6.57. The number of carbonyl (C=O) groups is 3. The zero-order valence-corrected chi connectivity index (χ0v) is 12.1. The molecule has 114 valence electrons. The third-order valence-corrected chi connectivity index (χ3v) is 4.46. The summed E-state index contributed by atoms with van der Waals surface area (Å²) in [5.41, 5.74) is 0. The number of rotatable bonds is 7. The van der Waals surface area contributed by atoms with Gasteiger partial charge in [-0.1, -0.05) is 13.3 Å². The van der Waals surface area contributed by atoms with Gasteiger partial charge in [-0.05, 0) is 18.6 Å². The van der Waals surface area contributed by atoms with Crippen molar-refractivity contribution in [2.24, 2.45) is 0 Å². The van der Waals surface area contributed by atoms with Crippen LogP contribution in [0.25, 0.3) is 0 Å². The summed E-state index contributed by atoms with van der Waals surface area (Å²) >= 11 is 1.77. The number of carbonyl (C=O) groups excluding carboxylic acids is 1. The zero-order valence-electron chi connectivity index (χ0n) is 11.3. The van der Waals surface area contributed by atoms with Crippen molar-refractivity contribution in [3.63, 3.8) is 0 Å². The van der Waals surface area contributed by atoms with E-state index in [-0.39, 0.29) is 6.04 Å². The van der Waals surface area contributed by atoms with Crippen LogP contribution in [0.15, 0.2) is 0 Å². The minimum atomic E-state index is -1.41. The second-order valence-corrected chi connectivity index (χ2v) is 6.15. The molecule has 0 aromatic rings. The van der Waals surface area contributed by atoms with E-state index in [1.165, 1.54) is 0 Å². The van der Waals surface area contributed by atoms with Crippen molar-refractivity contribution in [3.05, 3.63) is 0 Å². The fraction of sp³-hybridized carbons (Fsp3) is 0.750. The Bertz CT molecular complexity index is 377. The number of aliphatic carboxylic acids is 2. The molecule has 0 aromatic heterocycles. The Labute approximate surface area is 121 Å². The zero-order chi connectivity index (χ0) is 15.1. The molecule has 0 bridgehead atoms. The molecule has 0 aliphatic heterocycles. The maximum atomic E-state index is 11.8. The van der Waals surface area contributed by atoms with Gasteiger partial charge in [-0.3, -0.25) is 4.79 Å². The van der Waals surface area contributed by atoms with Crippen LogP contribution >= 0.6 is 11.8 Å².